The van der Waals surface area contributed by atoms with Crippen LogP contribution in [-0.2, 0) is 17.6 Å². The molecule has 1 aliphatic rings. The lowest BCUT2D eigenvalue weighted by Gasteiger charge is -2.18. The van der Waals surface area contributed by atoms with Crippen molar-refractivity contribution in [3.8, 4) is 0 Å². The molecule has 2 amide bonds. The van der Waals surface area contributed by atoms with Crippen LogP contribution in [0.15, 0.2) is 30.3 Å². The topological polar surface area (TPSA) is 72.2 Å². The minimum absolute atomic E-state index is 0.362. The molecular weight excluding hydrogens is 339 g/mol. The number of nitrogens with two attached hydrogens (primary N) is 1. The SMILES string of the molecule is CC1CCc2c(sc(NC(=O)/C=C/c3cccc(F)c3)c2C(N)=O)C1. The van der Waals surface area contributed by atoms with Gasteiger partial charge in [0.15, 0.2) is 0 Å². The van der Waals surface area contributed by atoms with Crippen molar-refractivity contribution in [3.63, 3.8) is 0 Å². The zero-order valence-corrected chi connectivity index (χ0v) is 14.7. The summed E-state index contributed by atoms with van der Waals surface area (Å²) in [4.78, 5) is 25.2. The lowest BCUT2D eigenvalue weighted by Crippen LogP contribution is -2.18. The maximum atomic E-state index is 13.2. The maximum absolute atomic E-state index is 13.2. The van der Waals surface area contributed by atoms with Crippen LogP contribution in [0, 0.1) is 11.7 Å². The summed E-state index contributed by atoms with van der Waals surface area (Å²) in [6, 6.07) is 5.96. The molecule has 130 valence electrons. The summed E-state index contributed by atoms with van der Waals surface area (Å²) in [6.45, 7) is 2.17. The third-order valence-corrected chi connectivity index (χ3v) is 5.44. The molecule has 1 heterocycles. The Morgan fingerprint density at radius 3 is 2.92 bits per heavy atom. The van der Waals surface area contributed by atoms with E-state index >= 15 is 0 Å². The minimum Gasteiger partial charge on any atom is -0.365 e. The molecule has 0 saturated heterocycles. The van der Waals surface area contributed by atoms with E-state index in [1.165, 1.54) is 35.6 Å². The molecule has 25 heavy (non-hydrogen) atoms. The Bertz CT molecular complexity index is 857. The lowest BCUT2D eigenvalue weighted by molar-refractivity contribution is -0.111. The fourth-order valence-corrected chi connectivity index (χ4v) is 4.45. The Balaban J connectivity index is 1.80. The number of carbonyl (C=O) groups is 2. The fourth-order valence-electron chi connectivity index (χ4n) is 3.04. The van der Waals surface area contributed by atoms with Gasteiger partial charge in [0.2, 0.25) is 5.91 Å². The molecule has 1 aliphatic carbocycles. The Morgan fingerprint density at radius 2 is 2.20 bits per heavy atom. The molecule has 2 aromatic rings. The van der Waals surface area contributed by atoms with Gasteiger partial charge in [0.1, 0.15) is 10.8 Å². The second kappa shape index (κ2) is 7.19. The number of nitrogens with one attached hydrogen (secondary N) is 1. The highest BCUT2D eigenvalue weighted by atomic mass is 32.1. The summed E-state index contributed by atoms with van der Waals surface area (Å²) in [5.41, 5.74) is 7.52. The lowest BCUT2D eigenvalue weighted by atomic mass is 9.88. The average Bonchev–Trinajstić information content (AvgIpc) is 2.90. The van der Waals surface area contributed by atoms with Gasteiger partial charge in [-0.2, -0.15) is 0 Å². The molecule has 1 aromatic heterocycles. The smallest absolute Gasteiger partial charge is 0.251 e. The van der Waals surface area contributed by atoms with Crippen molar-refractivity contribution in [1.82, 2.24) is 0 Å². The second-order valence-corrected chi connectivity index (χ2v) is 7.40. The molecular formula is C19H19FN2O2S. The van der Waals surface area contributed by atoms with E-state index < -0.39 is 5.91 Å². The van der Waals surface area contributed by atoms with Crippen molar-refractivity contribution >= 4 is 34.2 Å². The van der Waals surface area contributed by atoms with Crippen LogP contribution >= 0.6 is 11.3 Å². The van der Waals surface area contributed by atoms with Crippen molar-refractivity contribution < 1.29 is 14.0 Å². The predicted molar refractivity (Wildman–Crippen MR) is 98.1 cm³/mol. The zero-order valence-electron chi connectivity index (χ0n) is 13.8. The highest BCUT2D eigenvalue weighted by molar-refractivity contribution is 7.17. The molecule has 6 heteroatoms. The first-order chi connectivity index (χ1) is 11.9. The van der Waals surface area contributed by atoms with E-state index in [1.54, 1.807) is 12.1 Å². The summed E-state index contributed by atoms with van der Waals surface area (Å²) in [5, 5.41) is 3.25. The normalized spacial score (nSPS) is 16.6. The number of fused-ring (bicyclic) bond motifs is 1. The number of halogens is 1. The highest BCUT2D eigenvalue weighted by Crippen LogP contribution is 2.39. The monoisotopic (exact) mass is 358 g/mol. The number of thiophene rings is 1. The van der Waals surface area contributed by atoms with Crippen molar-refractivity contribution in [2.45, 2.75) is 26.2 Å². The van der Waals surface area contributed by atoms with Gasteiger partial charge >= 0.3 is 0 Å². The highest BCUT2D eigenvalue weighted by Gasteiger charge is 2.26. The van der Waals surface area contributed by atoms with E-state index in [0.29, 0.717) is 22.0 Å². The number of hydrogen-bond donors (Lipinski definition) is 2. The van der Waals surface area contributed by atoms with Gasteiger partial charge in [-0.3, -0.25) is 9.59 Å². The first kappa shape index (κ1) is 17.4. The van der Waals surface area contributed by atoms with Gasteiger partial charge < -0.3 is 11.1 Å². The molecule has 0 fully saturated rings. The van der Waals surface area contributed by atoms with Crippen LogP contribution in [0.5, 0.6) is 0 Å². The van der Waals surface area contributed by atoms with Crippen molar-refractivity contribution in [2.75, 3.05) is 5.32 Å². The minimum atomic E-state index is -0.517. The number of rotatable bonds is 4. The van der Waals surface area contributed by atoms with Gasteiger partial charge in [0.05, 0.1) is 5.56 Å². The van der Waals surface area contributed by atoms with Crippen LogP contribution in [-0.4, -0.2) is 11.8 Å². The Labute approximate surface area is 149 Å². The van der Waals surface area contributed by atoms with Crippen LogP contribution in [0.1, 0.15) is 39.7 Å². The van der Waals surface area contributed by atoms with E-state index in [0.717, 1.165) is 29.7 Å². The number of anilines is 1. The molecule has 0 radical (unpaired) electrons. The van der Waals surface area contributed by atoms with Crippen LogP contribution in [0.25, 0.3) is 6.08 Å². The Hall–Kier alpha value is -2.47. The molecule has 4 nitrogen and oxygen atoms in total. The molecule has 1 unspecified atom stereocenters. The second-order valence-electron chi connectivity index (χ2n) is 6.30. The maximum Gasteiger partial charge on any atom is 0.251 e. The van der Waals surface area contributed by atoms with E-state index in [1.807, 2.05) is 0 Å². The number of amides is 2. The third kappa shape index (κ3) is 3.96. The number of carbonyl (C=O) groups excluding carboxylic acids is 2. The molecule has 0 aliphatic heterocycles. The fraction of sp³-hybridized carbons (Fsp3) is 0.263. The van der Waals surface area contributed by atoms with Crippen molar-refractivity contribution in [3.05, 3.63) is 57.7 Å². The van der Waals surface area contributed by atoms with E-state index in [9.17, 15) is 14.0 Å². The average molecular weight is 358 g/mol. The number of primary amides is 1. The van der Waals surface area contributed by atoms with Gasteiger partial charge in [0.25, 0.3) is 5.91 Å². The van der Waals surface area contributed by atoms with Gasteiger partial charge in [-0.25, -0.2) is 4.39 Å². The molecule has 3 rings (SSSR count). The molecule has 1 atom stereocenters. The van der Waals surface area contributed by atoms with Crippen LogP contribution in [0.4, 0.5) is 9.39 Å². The van der Waals surface area contributed by atoms with Crippen LogP contribution in [0.3, 0.4) is 0 Å². The van der Waals surface area contributed by atoms with Crippen molar-refractivity contribution in [1.29, 1.82) is 0 Å². The third-order valence-electron chi connectivity index (χ3n) is 4.27. The molecule has 0 spiro atoms. The molecule has 0 bridgehead atoms. The first-order valence-electron chi connectivity index (χ1n) is 8.13. The first-order valence-corrected chi connectivity index (χ1v) is 8.94. The molecule has 1 aromatic carbocycles. The standard InChI is InChI=1S/C19H19FN2O2S/c1-11-5-7-14-15(9-11)25-19(17(14)18(21)24)22-16(23)8-6-12-3-2-4-13(20)10-12/h2-4,6,8,10-11H,5,7,9H2,1H3,(H2,21,24)(H,22,23)/b8-6+. The Morgan fingerprint density at radius 1 is 1.40 bits per heavy atom. The van der Waals surface area contributed by atoms with Gasteiger partial charge in [0, 0.05) is 11.0 Å². The van der Waals surface area contributed by atoms with E-state index in [4.69, 9.17) is 5.73 Å². The zero-order chi connectivity index (χ0) is 18.0. The van der Waals surface area contributed by atoms with Crippen LogP contribution < -0.4 is 11.1 Å². The van der Waals surface area contributed by atoms with Gasteiger partial charge in [-0.15, -0.1) is 11.3 Å². The predicted octanol–water partition coefficient (Wildman–Crippen LogP) is 3.76. The van der Waals surface area contributed by atoms with Crippen LogP contribution in [0.2, 0.25) is 0 Å². The molecule has 3 N–H and O–H groups in total. The summed E-state index contributed by atoms with van der Waals surface area (Å²) in [5.74, 6) is -0.697. The summed E-state index contributed by atoms with van der Waals surface area (Å²) < 4.78 is 13.2. The Kier molecular flexibility index (Phi) is 4.99. The van der Waals surface area contributed by atoms with E-state index in [2.05, 4.69) is 12.2 Å². The largest absolute Gasteiger partial charge is 0.365 e. The van der Waals surface area contributed by atoms with Gasteiger partial charge in [-0.05, 0) is 54.5 Å². The van der Waals surface area contributed by atoms with Gasteiger partial charge in [-0.1, -0.05) is 19.1 Å². The molecule has 0 saturated carbocycles. The number of benzene rings is 1. The quantitative estimate of drug-likeness (QED) is 0.817. The van der Waals surface area contributed by atoms with Crippen molar-refractivity contribution in [2.24, 2.45) is 11.7 Å². The number of hydrogen-bond acceptors (Lipinski definition) is 3. The summed E-state index contributed by atoms with van der Waals surface area (Å²) in [7, 11) is 0. The van der Waals surface area contributed by atoms with E-state index in [-0.39, 0.29) is 11.7 Å². The summed E-state index contributed by atoms with van der Waals surface area (Å²) >= 11 is 1.42. The summed E-state index contributed by atoms with van der Waals surface area (Å²) in [6.07, 6.45) is 5.56.